The van der Waals surface area contributed by atoms with Gasteiger partial charge in [0.1, 0.15) is 11.6 Å². The maximum absolute atomic E-state index is 11.1. The quantitative estimate of drug-likeness (QED) is 0.206. The molecule has 0 saturated carbocycles. The van der Waals surface area contributed by atoms with E-state index in [1.165, 1.54) is 28.6 Å². The molecule has 1 aliphatic rings. The van der Waals surface area contributed by atoms with Gasteiger partial charge in [0.15, 0.2) is 0 Å². The van der Waals surface area contributed by atoms with Crippen molar-refractivity contribution in [3.05, 3.63) is 100 Å². The zero-order chi connectivity index (χ0) is 26.6. The number of hydrogen-bond acceptors (Lipinski definition) is 3. The van der Waals surface area contributed by atoms with Crippen molar-refractivity contribution in [1.82, 2.24) is 0 Å². The molecule has 1 aliphatic heterocycles. The van der Waals surface area contributed by atoms with Gasteiger partial charge in [-0.15, -0.1) is 0 Å². The first-order valence-corrected chi connectivity index (χ1v) is 12.9. The van der Waals surface area contributed by atoms with Crippen LogP contribution >= 0.6 is 0 Å². The molecular weight excluding hydrogens is 456 g/mol. The lowest BCUT2D eigenvalue weighted by molar-refractivity contribution is -0.132. The molecule has 0 amide bonds. The minimum absolute atomic E-state index is 0.0862. The maximum atomic E-state index is 11.1. The second-order valence-corrected chi connectivity index (χ2v) is 10.4. The molecule has 0 saturated heterocycles. The third-order valence-corrected chi connectivity index (χ3v) is 7.45. The number of nitrogens with zero attached hydrogens (tertiary/aromatic N) is 2. The Morgan fingerprint density at radius 2 is 1.65 bits per heavy atom. The standard InChI is InChI=1S/C33H34N2O2/c1-5-23(2)27-13-15-29(16-14-27)35-19-18-33(3,4)30-21-26(12-17-31(30)35)11-8-24-6-9-25(10-7-24)20-28(22-34)32(36)37/h6-17,20-21,23H,5,18-19H2,1-4H3,(H,36,37)/b11-8+,28-20+. The number of fused-ring (bicyclic) bond motifs is 1. The van der Waals surface area contributed by atoms with Crippen molar-refractivity contribution in [2.75, 3.05) is 11.4 Å². The number of aliphatic carboxylic acids is 1. The average Bonchev–Trinajstić information content (AvgIpc) is 2.91. The fourth-order valence-electron chi connectivity index (χ4n) is 4.77. The molecule has 37 heavy (non-hydrogen) atoms. The van der Waals surface area contributed by atoms with E-state index in [0.717, 1.165) is 30.5 Å². The Labute approximate surface area is 220 Å². The minimum atomic E-state index is -1.22. The Kier molecular flexibility index (Phi) is 7.64. The highest BCUT2D eigenvalue weighted by atomic mass is 16.4. The average molecular weight is 491 g/mol. The smallest absolute Gasteiger partial charge is 0.346 e. The minimum Gasteiger partial charge on any atom is -0.477 e. The number of rotatable bonds is 7. The summed E-state index contributed by atoms with van der Waals surface area (Å²) in [7, 11) is 0. The van der Waals surface area contributed by atoms with E-state index < -0.39 is 5.97 Å². The van der Waals surface area contributed by atoms with Gasteiger partial charge in [-0.3, -0.25) is 0 Å². The summed E-state index contributed by atoms with van der Waals surface area (Å²) >= 11 is 0. The van der Waals surface area contributed by atoms with Crippen molar-refractivity contribution in [2.24, 2.45) is 0 Å². The molecule has 4 nitrogen and oxygen atoms in total. The lowest BCUT2D eigenvalue weighted by Gasteiger charge is -2.40. The van der Waals surface area contributed by atoms with Crippen molar-refractivity contribution in [3.63, 3.8) is 0 Å². The van der Waals surface area contributed by atoms with Crippen LogP contribution in [0.2, 0.25) is 0 Å². The van der Waals surface area contributed by atoms with E-state index in [1.807, 2.05) is 24.3 Å². The second-order valence-electron chi connectivity index (χ2n) is 10.4. The molecule has 4 rings (SSSR count). The molecule has 1 atom stereocenters. The van der Waals surface area contributed by atoms with E-state index in [0.29, 0.717) is 11.5 Å². The maximum Gasteiger partial charge on any atom is 0.346 e. The molecule has 0 bridgehead atoms. The summed E-state index contributed by atoms with van der Waals surface area (Å²) in [6.45, 7) is 10.1. The monoisotopic (exact) mass is 490 g/mol. The van der Waals surface area contributed by atoms with Crippen LogP contribution in [-0.2, 0) is 10.2 Å². The van der Waals surface area contributed by atoms with Crippen LogP contribution < -0.4 is 4.90 Å². The molecule has 0 aromatic heterocycles. The van der Waals surface area contributed by atoms with Gasteiger partial charge in [-0.05, 0) is 82.3 Å². The lowest BCUT2D eigenvalue weighted by atomic mass is 9.77. The van der Waals surface area contributed by atoms with Crippen molar-refractivity contribution in [2.45, 2.75) is 51.9 Å². The molecular formula is C33H34N2O2. The van der Waals surface area contributed by atoms with Gasteiger partial charge in [0.2, 0.25) is 0 Å². The van der Waals surface area contributed by atoms with Gasteiger partial charge < -0.3 is 10.0 Å². The normalized spacial score (nSPS) is 15.8. The highest BCUT2D eigenvalue weighted by Gasteiger charge is 2.31. The highest BCUT2D eigenvalue weighted by molar-refractivity contribution is 5.96. The zero-order valence-electron chi connectivity index (χ0n) is 22.0. The molecule has 188 valence electrons. The van der Waals surface area contributed by atoms with Crippen LogP contribution in [0, 0.1) is 11.3 Å². The van der Waals surface area contributed by atoms with Gasteiger partial charge >= 0.3 is 5.97 Å². The third-order valence-electron chi connectivity index (χ3n) is 7.45. The van der Waals surface area contributed by atoms with Crippen LogP contribution in [0.3, 0.4) is 0 Å². The Morgan fingerprint density at radius 1 is 1.03 bits per heavy atom. The van der Waals surface area contributed by atoms with Crippen LogP contribution in [0.25, 0.3) is 18.2 Å². The Bertz CT molecular complexity index is 1370. The van der Waals surface area contributed by atoms with Crippen LogP contribution in [0.4, 0.5) is 11.4 Å². The second kappa shape index (κ2) is 10.9. The van der Waals surface area contributed by atoms with Crippen LogP contribution in [0.15, 0.2) is 72.3 Å². The third kappa shape index (κ3) is 5.84. The summed E-state index contributed by atoms with van der Waals surface area (Å²) in [5.74, 6) is -0.646. The van der Waals surface area contributed by atoms with Crippen molar-refractivity contribution in [3.8, 4) is 6.07 Å². The molecule has 4 heteroatoms. The summed E-state index contributed by atoms with van der Waals surface area (Å²) in [6, 6.07) is 24.9. The van der Waals surface area contributed by atoms with E-state index >= 15 is 0 Å². The SMILES string of the molecule is CCC(C)c1ccc(N2CCC(C)(C)c3cc(/C=C/c4ccc(/C=C(\C#N)C(=O)O)cc4)ccc32)cc1. The molecule has 0 aliphatic carbocycles. The van der Waals surface area contributed by atoms with Crippen LogP contribution in [0.1, 0.15) is 74.3 Å². The topological polar surface area (TPSA) is 64.3 Å². The lowest BCUT2D eigenvalue weighted by Crippen LogP contribution is -2.34. The number of carbonyl (C=O) groups is 1. The molecule has 3 aromatic carbocycles. The Balaban J connectivity index is 1.57. The van der Waals surface area contributed by atoms with Crippen molar-refractivity contribution in [1.29, 1.82) is 5.26 Å². The van der Waals surface area contributed by atoms with E-state index in [-0.39, 0.29) is 11.0 Å². The highest BCUT2D eigenvalue weighted by Crippen LogP contribution is 2.43. The molecule has 0 fully saturated rings. The van der Waals surface area contributed by atoms with Crippen molar-refractivity contribution >= 4 is 35.6 Å². The van der Waals surface area contributed by atoms with Gasteiger partial charge in [0, 0.05) is 17.9 Å². The number of hydrogen-bond donors (Lipinski definition) is 1. The predicted molar refractivity (Wildman–Crippen MR) is 153 cm³/mol. The van der Waals surface area contributed by atoms with Gasteiger partial charge in [0.25, 0.3) is 0 Å². The predicted octanol–water partition coefficient (Wildman–Crippen LogP) is 8.18. The number of benzene rings is 3. The summed E-state index contributed by atoms with van der Waals surface area (Å²) in [4.78, 5) is 13.5. The van der Waals surface area contributed by atoms with Gasteiger partial charge in [-0.2, -0.15) is 5.26 Å². The van der Waals surface area contributed by atoms with E-state index in [4.69, 9.17) is 10.4 Å². The van der Waals surface area contributed by atoms with E-state index in [2.05, 4.69) is 87.2 Å². The fraction of sp³-hybridized carbons (Fsp3) is 0.273. The first-order valence-electron chi connectivity index (χ1n) is 12.9. The molecule has 3 aromatic rings. The molecule has 0 radical (unpaired) electrons. The number of nitriles is 1. The van der Waals surface area contributed by atoms with Crippen molar-refractivity contribution < 1.29 is 9.90 Å². The van der Waals surface area contributed by atoms with E-state index in [9.17, 15) is 4.79 Å². The first-order chi connectivity index (χ1) is 17.7. The molecule has 0 spiro atoms. The van der Waals surface area contributed by atoms with Crippen LogP contribution in [-0.4, -0.2) is 17.6 Å². The summed E-state index contributed by atoms with van der Waals surface area (Å²) in [5.41, 5.74) is 7.89. The number of carboxylic acids is 1. The number of carboxylic acid groups (broad SMARTS) is 1. The van der Waals surface area contributed by atoms with Gasteiger partial charge in [-0.1, -0.05) is 82.3 Å². The number of anilines is 2. The van der Waals surface area contributed by atoms with Gasteiger partial charge in [0.05, 0.1) is 0 Å². The summed E-state index contributed by atoms with van der Waals surface area (Å²) < 4.78 is 0. The van der Waals surface area contributed by atoms with E-state index in [1.54, 1.807) is 6.07 Å². The van der Waals surface area contributed by atoms with Gasteiger partial charge in [-0.25, -0.2) is 4.79 Å². The fourth-order valence-corrected chi connectivity index (χ4v) is 4.77. The Morgan fingerprint density at radius 3 is 2.27 bits per heavy atom. The largest absolute Gasteiger partial charge is 0.477 e. The zero-order valence-corrected chi connectivity index (χ0v) is 22.0. The molecule has 1 unspecified atom stereocenters. The Hall–Kier alpha value is -4.10. The summed E-state index contributed by atoms with van der Waals surface area (Å²) in [6.07, 6.45) is 7.77. The molecule has 1 heterocycles. The molecule has 1 N–H and O–H groups in total. The van der Waals surface area contributed by atoms with Crippen LogP contribution in [0.5, 0.6) is 0 Å². The summed E-state index contributed by atoms with van der Waals surface area (Å²) in [5, 5.41) is 18.0. The first kappa shape index (κ1) is 26.0.